The number of nitrogens with zero attached hydrogens (tertiary/aromatic N) is 1. The number of fused-ring (bicyclic) bond motifs is 1. The average Bonchev–Trinajstić information content (AvgIpc) is 3.21. The van der Waals surface area contributed by atoms with E-state index in [-0.39, 0.29) is 0 Å². The Morgan fingerprint density at radius 3 is 2.95 bits per heavy atom. The molecule has 1 saturated carbocycles. The van der Waals surface area contributed by atoms with Crippen LogP contribution in [0.3, 0.4) is 0 Å². The highest BCUT2D eigenvalue weighted by atomic mass is 16.4. The van der Waals surface area contributed by atoms with Crippen LogP contribution >= 0.6 is 0 Å². The molecule has 1 N–H and O–H groups in total. The lowest BCUT2D eigenvalue weighted by atomic mass is 9.94. The van der Waals surface area contributed by atoms with Crippen molar-refractivity contribution >= 4 is 11.7 Å². The van der Waals surface area contributed by atoms with Gasteiger partial charge in [-0.25, -0.2) is 4.79 Å². The van der Waals surface area contributed by atoms with Gasteiger partial charge < -0.3 is 10.0 Å². The first kappa shape index (κ1) is 12.5. The second-order valence-electron chi connectivity index (χ2n) is 5.93. The third-order valence-corrected chi connectivity index (χ3v) is 4.42. The molecule has 0 radical (unpaired) electrons. The molecule has 0 bridgehead atoms. The van der Waals surface area contributed by atoms with Crippen LogP contribution in [0.25, 0.3) is 0 Å². The van der Waals surface area contributed by atoms with Crippen molar-refractivity contribution in [2.24, 2.45) is 5.92 Å². The third-order valence-electron chi connectivity index (χ3n) is 4.42. The van der Waals surface area contributed by atoms with Crippen molar-refractivity contribution in [2.75, 3.05) is 11.4 Å². The van der Waals surface area contributed by atoms with Crippen LogP contribution in [0.1, 0.15) is 48.5 Å². The first-order valence-corrected chi connectivity index (χ1v) is 7.28. The van der Waals surface area contributed by atoms with Crippen molar-refractivity contribution in [3.05, 3.63) is 29.3 Å². The highest BCUT2D eigenvalue weighted by Gasteiger charge is 2.29. The number of carboxylic acids is 1. The zero-order chi connectivity index (χ0) is 13.4. The fourth-order valence-electron chi connectivity index (χ4n) is 3.27. The molecule has 1 heterocycles. The predicted octanol–water partition coefficient (Wildman–Crippen LogP) is 3.33. The number of rotatable bonds is 4. The Bertz CT molecular complexity index is 494. The zero-order valence-corrected chi connectivity index (χ0v) is 11.4. The number of carbonyl (C=O) groups is 1. The molecular formula is C16H21NO2. The molecule has 3 nitrogen and oxygen atoms in total. The van der Waals surface area contributed by atoms with E-state index in [4.69, 9.17) is 0 Å². The molecule has 1 aromatic carbocycles. The summed E-state index contributed by atoms with van der Waals surface area (Å²) >= 11 is 0. The predicted molar refractivity (Wildman–Crippen MR) is 75.9 cm³/mol. The SMILES string of the molecule is CC(CC1CC1)N1CCCc2c(C(=O)O)cccc21. The fraction of sp³-hybridized carbons (Fsp3) is 0.562. The molecule has 0 aromatic heterocycles. The van der Waals surface area contributed by atoms with Crippen LogP contribution in [-0.4, -0.2) is 23.7 Å². The molecule has 102 valence electrons. The van der Waals surface area contributed by atoms with Crippen LogP contribution in [0.4, 0.5) is 5.69 Å². The Balaban J connectivity index is 1.90. The minimum Gasteiger partial charge on any atom is -0.478 e. The highest BCUT2D eigenvalue weighted by Crippen LogP contribution is 2.38. The lowest BCUT2D eigenvalue weighted by Gasteiger charge is -2.37. The van der Waals surface area contributed by atoms with Gasteiger partial charge in [-0.2, -0.15) is 0 Å². The number of anilines is 1. The molecule has 0 amide bonds. The van der Waals surface area contributed by atoms with Crippen molar-refractivity contribution in [3.63, 3.8) is 0 Å². The lowest BCUT2D eigenvalue weighted by molar-refractivity contribution is 0.0695. The Hall–Kier alpha value is -1.51. The summed E-state index contributed by atoms with van der Waals surface area (Å²) in [4.78, 5) is 13.7. The van der Waals surface area contributed by atoms with E-state index in [1.807, 2.05) is 6.07 Å². The summed E-state index contributed by atoms with van der Waals surface area (Å²) < 4.78 is 0. The highest BCUT2D eigenvalue weighted by molar-refractivity contribution is 5.91. The van der Waals surface area contributed by atoms with Crippen LogP contribution in [0.15, 0.2) is 18.2 Å². The smallest absolute Gasteiger partial charge is 0.336 e. The first-order valence-electron chi connectivity index (χ1n) is 7.28. The number of aromatic carboxylic acids is 1. The van der Waals surface area contributed by atoms with Gasteiger partial charge in [0, 0.05) is 18.3 Å². The van der Waals surface area contributed by atoms with Crippen LogP contribution in [0.5, 0.6) is 0 Å². The van der Waals surface area contributed by atoms with Gasteiger partial charge in [0.15, 0.2) is 0 Å². The molecule has 3 rings (SSSR count). The molecule has 1 atom stereocenters. The number of carboxylic acid groups (broad SMARTS) is 1. The molecule has 1 aliphatic heterocycles. The zero-order valence-electron chi connectivity index (χ0n) is 11.4. The molecule has 1 aliphatic carbocycles. The van der Waals surface area contributed by atoms with Gasteiger partial charge in [0.1, 0.15) is 0 Å². The van der Waals surface area contributed by atoms with E-state index >= 15 is 0 Å². The van der Waals surface area contributed by atoms with Crippen LogP contribution in [0.2, 0.25) is 0 Å². The molecule has 3 heteroatoms. The van der Waals surface area contributed by atoms with E-state index in [1.54, 1.807) is 6.07 Å². The van der Waals surface area contributed by atoms with Gasteiger partial charge in [0.2, 0.25) is 0 Å². The molecular weight excluding hydrogens is 238 g/mol. The molecule has 2 aliphatic rings. The van der Waals surface area contributed by atoms with Gasteiger partial charge in [-0.3, -0.25) is 0 Å². The van der Waals surface area contributed by atoms with E-state index in [0.29, 0.717) is 11.6 Å². The van der Waals surface area contributed by atoms with E-state index in [0.717, 1.165) is 36.6 Å². The molecule has 0 spiro atoms. The molecule has 0 saturated heterocycles. The minimum absolute atomic E-state index is 0.487. The molecule has 19 heavy (non-hydrogen) atoms. The van der Waals surface area contributed by atoms with Crippen LogP contribution < -0.4 is 4.90 Å². The third kappa shape index (κ3) is 2.46. The normalized spacial score (nSPS) is 19.9. The van der Waals surface area contributed by atoms with Crippen LogP contribution in [0, 0.1) is 5.92 Å². The lowest BCUT2D eigenvalue weighted by Crippen LogP contribution is -2.38. The summed E-state index contributed by atoms with van der Waals surface area (Å²) in [6, 6.07) is 6.22. The van der Waals surface area contributed by atoms with Crippen molar-refractivity contribution in [1.29, 1.82) is 0 Å². The van der Waals surface area contributed by atoms with Gasteiger partial charge in [0.25, 0.3) is 0 Å². The van der Waals surface area contributed by atoms with E-state index < -0.39 is 5.97 Å². The number of hydrogen-bond acceptors (Lipinski definition) is 2. The van der Waals surface area contributed by atoms with Crippen molar-refractivity contribution in [1.82, 2.24) is 0 Å². The quantitative estimate of drug-likeness (QED) is 0.901. The van der Waals surface area contributed by atoms with E-state index in [9.17, 15) is 9.90 Å². The maximum atomic E-state index is 11.3. The monoisotopic (exact) mass is 259 g/mol. The summed E-state index contributed by atoms with van der Waals surface area (Å²) in [6.07, 6.45) is 5.95. The minimum atomic E-state index is -0.798. The Labute approximate surface area is 114 Å². The van der Waals surface area contributed by atoms with Gasteiger partial charge in [-0.1, -0.05) is 18.9 Å². The number of hydrogen-bond donors (Lipinski definition) is 1. The Morgan fingerprint density at radius 1 is 1.47 bits per heavy atom. The summed E-state index contributed by atoms with van der Waals surface area (Å²) in [5.74, 6) is 0.108. The van der Waals surface area contributed by atoms with E-state index in [1.165, 1.54) is 19.3 Å². The van der Waals surface area contributed by atoms with Gasteiger partial charge >= 0.3 is 5.97 Å². The molecule has 1 fully saturated rings. The second kappa shape index (κ2) is 4.87. The largest absolute Gasteiger partial charge is 0.478 e. The maximum absolute atomic E-state index is 11.3. The van der Waals surface area contributed by atoms with Crippen LogP contribution in [-0.2, 0) is 6.42 Å². The summed E-state index contributed by atoms with van der Waals surface area (Å²) in [7, 11) is 0. The maximum Gasteiger partial charge on any atom is 0.336 e. The van der Waals surface area contributed by atoms with Crippen molar-refractivity contribution in [3.8, 4) is 0 Å². The van der Waals surface area contributed by atoms with E-state index in [2.05, 4.69) is 17.9 Å². The van der Waals surface area contributed by atoms with Gasteiger partial charge in [-0.15, -0.1) is 0 Å². The summed E-state index contributed by atoms with van der Waals surface area (Å²) in [5.41, 5.74) is 2.67. The van der Waals surface area contributed by atoms with Crippen molar-refractivity contribution < 1.29 is 9.90 Å². The molecule has 1 unspecified atom stereocenters. The summed E-state index contributed by atoms with van der Waals surface area (Å²) in [5, 5.41) is 9.30. The topological polar surface area (TPSA) is 40.5 Å². The first-order chi connectivity index (χ1) is 9.16. The average molecular weight is 259 g/mol. The Kier molecular flexibility index (Phi) is 3.21. The standard InChI is InChI=1S/C16H21NO2/c1-11(10-12-7-8-12)17-9-3-5-13-14(16(18)19)4-2-6-15(13)17/h2,4,6,11-12H,3,5,7-10H2,1H3,(H,18,19). The van der Waals surface area contributed by atoms with Gasteiger partial charge in [-0.05, 0) is 49.8 Å². The summed E-state index contributed by atoms with van der Waals surface area (Å²) in [6.45, 7) is 3.34. The Morgan fingerprint density at radius 2 is 2.26 bits per heavy atom. The second-order valence-corrected chi connectivity index (χ2v) is 5.93. The van der Waals surface area contributed by atoms with Crippen molar-refractivity contribution in [2.45, 2.75) is 45.1 Å². The molecule has 1 aromatic rings. The van der Waals surface area contributed by atoms with Gasteiger partial charge in [0.05, 0.1) is 5.56 Å². The fourth-order valence-corrected chi connectivity index (χ4v) is 3.27. The number of benzene rings is 1.